The molecule has 2 atom stereocenters. The number of ether oxygens (including phenoxy) is 1. The lowest BCUT2D eigenvalue weighted by Gasteiger charge is -2.26. The van der Waals surface area contributed by atoms with E-state index >= 15 is 0 Å². The monoisotopic (exact) mass is 484 g/mol. The summed E-state index contributed by atoms with van der Waals surface area (Å²) in [6.07, 6.45) is 1.44. The predicted molar refractivity (Wildman–Crippen MR) is 132 cm³/mol. The topological polar surface area (TPSA) is 97.6 Å². The number of thiazole rings is 1. The molecule has 2 aromatic heterocycles. The second-order valence-electron chi connectivity index (χ2n) is 7.86. The van der Waals surface area contributed by atoms with E-state index in [0.717, 1.165) is 28.1 Å². The molecule has 4 rings (SSSR count). The molecular formula is C25H32N4O4S. The molecule has 3 heterocycles. The molecule has 1 fully saturated rings. The van der Waals surface area contributed by atoms with Crippen LogP contribution >= 0.6 is 11.3 Å². The molecule has 34 heavy (non-hydrogen) atoms. The van der Waals surface area contributed by atoms with Gasteiger partial charge in [0.15, 0.2) is 5.76 Å². The number of hydrogen-bond donors (Lipinski definition) is 1. The lowest BCUT2D eigenvalue weighted by molar-refractivity contribution is -0.139. The molecule has 0 saturated carbocycles. The molecule has 182 valence electrons. The zero-order valence-electron chi connectivity index (χ0n) is 20.3. The highest BCUT2D eigenvalue weighted by atomic mass is 32.1. The third-order valence-corrected chi connectivity index (χ3v) is 6.76. The van der Waals surface area contributed by atoms with Gasteiger partial charge in [0.2, 0.25) is 11.8 Å². The number of carbonyl (C=O) groups excluding carboxylic acids is 2. The fourth-order valence-electron chi connectivity index (χ4n) is 3.91. The van der Waals surface area contributed by atoms with E-state index in [2.05, 4.69) is 15.5 Å². The highest BCUT2D eigenvalue weighted by Gasteiger charge is 2.37. The first-order valence-corrected chi connectivity index (χ1v) is 12.4. The molecule has 0 aliphatic carbocycles. The average Bonchev–Trinajstić information content (AvgIpc) is 3.64. The Morgan fingerprint density at radius 3 is 2.65 bits per heavy atom. The number of amides is 2. The normalized spacial score (nSPS) is 15.9. The molecule has 1 aliphatic heterocycles. The Labute approximate surface area is 204 Å². The molecule has 3 aromatic rings. The van der Waals surface area contributed by atoms with E-state index in [1.165, 1.54) is 7.11 Å². The Morgan fingerprint density at radius 1 is 1.29 bits per heavy atom. The largest absolute Gasteiger partial charge is 0.479 e. The zero-order valence-corrected chi connectivity index (χ0v) is 21.1. The van der Waals surface area contributed by atoms with Gasteiger partial charge in [0.1, 0.15) is 6.04 Å². The minimum atomic E-state index is -0.539. The zero-order chi connectivity index (χ0) is 24.7. The summed E-state index contributed by atoms with van der Waals surface area (Å²) in [5.74, 6) is -0.0742. The highest BCUT2D eigenvalue weighted by Crippen LogP contribution is 2.28. The van der Waals surface area contributed by atoms with E-state index in [1.807, 2.05) is 50.5 Å². The molecule has 8 nitrogen and oxygen atoms in total. The summed E-state index contributed by atoms with van der Waals surface area (Å²) in [6.45, 7) is 8.71. The van der Waals surface area contributed by atoms with Gasteiger partial charge in [-0.3, -0.25) is 9.59 Å². The number of aromatic nitrogens is 2. The van der Waals surface area contributed by atoms with Crippen molar-refractivity contribution < 1.29 is 18.8 Å². The van der Waals surface area contributed by atoms with Crippen LogP contribution in [0.2, 0.25) is 0 Å². The lowest BCUT2D eigenvalue weighted by Crippen LogP contribution is -2.46. The van der Waals surface area contributed by atoms with E-state index in [0.29, 0.717) is 31.2 Å². The van der Waals surface area contributed by atoms with Gasteiger partial charge in [-0.05, 0) is 43.0 Å². The number of nitrogens with one attached hydrogen (secondary N) is 1. The molecule has 2 unspecified atom stereocenters. The summed E-state index contributed by atoms with van der Waals surface area (Å²) in [7, 11) is 1.49. The van der Waals surface area contributed by atoms with Gasteiger partial charge in [0.25, 0.3) is 5.88 Å². The van der Waals surface area contributed by atoms with E-state index in [4.69, 9.17) is 9.26 Å². The molecule has 0 spiro atoms. The number of aryl methyl sites for hydroxylation is 1. The number of likely N-dealkylation sites (tertiary alicyclic amines) is 1. The van der Waals surface area contributed by atoms with Crippen LogP contribution in [0.4, 0.5) is 0 Å². The van der Waals surface area contributed by atoms with E-state index in [1.54, 1.807) is 29.2 Å². The lowest BCUT2D eigenvalue weighted by atomic mass is 10.1. The van der Waals surface area contributed by atoms with Crippen LogP contribution in [-0.2, 0) is 16.1 Å². The van der Waals surface area contributed by atoms with Crippen molar-refractivity contribution in [2.75, 3.05) is 13.7 Å². The van der Waals surface area contributed by atoms with Gasteiger partial charge in [0.05, 0.1) is 29.1 Å². The number of carbonyl (C=O) groups is 2. The van der Waals surface area contributed by atoms with Crippen LogP contribution in [0.15, 0.2) is 40.4 Å². The smallest absolute Gasteiger partial charge is 0.254 e. The molecule has 1 aliphatic rings. The maximum absolute atomic E-state index is 13.0. The maximum Gasteiger partial charge on any atom is 0.254 e. The fourth-order valence-corrected chi connectivity index (χ4v) is 4.72. The summed E-state index contributed by atoms with van der Waals surface area (Å²) >= 11 is 1.61. The van der Waals surface area contributed by atoms with Gasteiger partial charge in [0, 0.05) is 19.2 Å². The van der Waals surface area contributed by atoms with Gasteiger partial charge in [-0.2, -0.15) is 0 Å². The van der Waals surface area contributed by atoms with E-state index in [-0.39, 0.29) is 11.8 Å². The minimum Gasteiger partial charge on any atom is -0.479 e. The van der Waals surface area contributed by atoms with Crippen molar-refractivity contribution in [2.45, 2.75) is 59.0 Å². The number of methoxy groups -OCH3 is 1. The van der Waals surface area contributed by atoms with Crippen LogP contribution in [0, 0.1) is 6.92 Å². The van der Waals surface area contributed by atoms with Gasteiger partial charge < -0.3 is 19.5 Å². The Kier molecular flexibility index (Phi) is 8.81. The summed E-state index contributed by atoms with van der Waals surface area (Å²) in [6, 6.07) is 9.22. The van der Waals surface area contributed by atoms with Crippen LogP contribution in [0.5, 0.6) is 5.88 Å². The van der Waals surface area contributed by atoms with Crippen molar-refractivity contribution in [3.05, 3.63) is 52.9 Å². The second kappa shape index (κ2) is 11.8. The summed E-state index contributed by atoms with van der Waals surface area (Å²) in [4.78, 5) is 33.0. The number of nitrogens with zero attached hydrogens (tertiary/aromatic N) is 3. The molecule has 2 amide bonds. The second-order valence-corrected chi connectivity index (χ2v) is 8.72. The highest BCUT2D eigenvalue weighted by molar-refractivity contribution is 7.13. The van der Waals surface area contributed by atoms with Gasteiger partial charge >= 0.3 is 0 Å². The van der Waals surface area contributed by atoms with Crippen molar-refractivity contribution in [1.29, 1.82) is 0 Å². The maximum atomic E-state index is 13.0. The molecule has 1 saturated heterocycles. The van der Waals surface area contributed by atoms with E-state index < -0.39 is 12.0 Å². The van der Waals surface area contributed by atoms with Crippen molar-refractivity contribution in [3.63, 3.8) is 0 Å². The molecular weight excluding hydrogens is 452 g/mol. The summed E-state index contributed by atoms with van der Waals surface area (Å²) in [5.41, 5.74) is 4.97. The first-order valence-electron chi connectivity index (χ1n) is 11.6. The molecule has 0 radical (unpaired) electrons. The third kappa shape index (κ3) is 5.64. The molecule has 9 heteroatoms. The van der Waals surface area contributed by atoms with Crippen molar-refractivity contribution in [3.8, 4) is 16.3 Å². The first-order chi connectivity index (χ1) is 16.5. The van der Waals surface area contributed by atoms with Crippen molar-refractivity contribution >= 4 is 23.2 Å². The van der Waals surface area contributed by atoms with E-state index in [9.17, 15) is 9.59 Å². The molecule has 1 aromatic carbocycles. The quantitative estimate of drug-likeness (QED) is 0.528. The Balaban J connectivity index is 0.00000158. The van der Waals surface area contributed by atoms with Gasteiger partial charge in [-0.25, -0.2) is 4.98 Å². The third-order valence-electron chi connectivity index (χ3n) is 5.78. The van der Waals surface area contributed by atoms with Crippen LogP contribution in [0.1, 0.15) is 56.5 Å². The fraction of sp³-hybridized carbons (Fsp3) is 0.440. The van der Waals surface area contributed by atoms with Gasteiger partial charge in [-0.15, -0.1) is 11.3 Å². The van der Waals surface area contributed by atoms with Crippen LogP contribution in [0.3, 0.4) is 0 Å². The average molecular weight is 485 g/mol. The molecule has 1 N–H and O–H groups in total. The Morgan fingerprint density at radius 2 is 2.03 bits per heavy atom. The number of hydrogen-bond acceptors (Lipinski definition) is 7. The van der Waals surface area contributed by atoms with Crippen LogP contribution in [-0.4, -0.2) is 46.6 Å². The SMILES string of the molecule is CC.COc1cc(C(C)C(=O)N2CCCC2C(=O)NCc2ccc(-c3scnc3C)cc2)on1. The van der Waals surface area contributed by atoms with Crippen LogP contribution < -0.4 is 10.1 Å². The minimum absolute atomic E-state index is 0.138. The summed E-state index contributed by atoms with van der Waals surface area (Å²) in [5, 5.41) is 6.74. The summed E-state index contributed by atoms with van der Waals surface area (Å²) < 4.78 is 10.2. The first kappa shape index (κ1) is 25.4. The number of rotatable bonds is 7. The Bertz CT molecular complexity index is 1090. The van der Waals surface area contributed by atoms with Crippen molar-refractivity contribution in [1.82, 2.24) is 20.4 Å². The van der Waals surface area contributed by atoms with Crippen molar-refractivity contribution in [2.24, 2.45) is 0 Å². The number of benzene rings is 1. The standard InChI is InChI=1S/C23H26N4O4S.C2H6/c1-14(19-11-20(30-3)26-31-19)23(29)27-10-4-5-18(27)22(28)24-12-16-6-8-17(9-7-16)21-15(2)25-13-32-21;1-2/h6-9,11,13-14,18H,4-5,10,12H2,1-3H3,(H,24,28);1-2H3. The van der Waals surface area contributed by atoms with Crippen LogP contribution in [0.25, 0.3) is 10.4 Å². The Hall–Kier alpha value is -3.20. The predicted octanol–water partition coefficient (Wildman–Crippen LogP) is 4.55. The molecule has 0 bridgehead atoms. The van der Waals surface area contributed by atoms with Gasteiger partial charge in [-0.1, -0.05) is 38.1 Å².